The van der Waals surface area contributed by atoms with Gasteiger partial charge in [-0.05, 0) is 56.5 Å². The number of aryl methyl sites for hydroxylation is 2. The minimum absolute atomic E-state index is 0.0282. The van der Waals surface area contributed by atoms with Gasteiger partial charge in [0.2, 0.25) is 0 Å². The van der Waals surface area contributed by atoms with E-state index >= 15 is 0 Å². The minimum atomic E-state index is -0.0888. The summed E-state index contributed by atoms with van der Waals surface area (Å²) in [6.45, 7) is 3.95. The van der Waals surface area contributed by atoms with Gasteiger partial charge in [-0.25, -0.2) is 4.39 Å². The van der Waals surface area contributed by atoms with Gasteiger partial charge in [-0.3, -0.25) is 0 Å². The van der Waals surface area contributed by atoms with Crippen LogP contribution in [0, 0.1) is 19.7 Å². The summed E-state index contributed by atoms with van der Waals surface area (Å²) in [6.07, 6.45) is 2.21. The minimum Gasteiger partial charge on any atom is -0.312 e. The summed E-state index contributed by atoms with van der Waals surface area (Å²) < 4.78 is 14.6. The quantitative estimate of drug-likeness (QED) is 0.875. The van der Waals surface area contributed by atoms with Gasteiger partial charge in [-0.1, -0.05) is 36.4 Å². The van der Waals surface area contributed by atoms with E-state index in [9.17, 15) is 4.39 Å². The van der Waals surface area contributed by atoms with Crippen LogP contribution < -0.4 is 5.32 Å². The molecule has 2 aromatic rings. The Kier molecular flexibility index (Phi) is 3.58. The van der Waals surface area contributed by atoms with Crippen LogP contribution in [0.2, 0.25) is 0 Å². The summed E-state index contributed by atoms with van der Waals surface area (Å²) in [7, 11) is 1.94. The molecule has 0 amide bonds. The number of hydrogen-bond acceptors (Lipinski definition) is 1. The molecule has 0 aromatic heterocycles. The van der Waals surface area contributed by atoms with Gasteiger partial charge in [-0.2, -0.15) is 0 Å². The topological polar surface area (TPSA) is 12.0 Å². The zero-order chi connectivity index (χ0) is 15.0. The molecule has 0 radical (unpaired) electrons. The Morgan fingerprint density at radius 1 is 1.10 bits per heavy atom. The van der Waals surface area contributed by atoms with Crippen molar-refractivity contribution >= 4 is 0 Å². The molecule has 1 atom stereocenters. The predicted octanol–water partition coefficient (Wildman–Crippen LogP) is 4.43. The van der Waals surface area contributed by atoms with Crippen LogP contribution >= 0.6 is 0 Å². The lowest BCUT2D eigenvalue weighted by atomic mass is 9.82. The Bertz CT molecular complexity index is 621. The molecule has 1 aliphatic rings. The van der Waals surface area contributed by atoms with Gasteiger partial charge in [-0.15, -0.1) is 0 Å². The standard InChI is InChI=1S/C19H22FN/c1-13-11-14(2)17(16(20)12-13)18(21-3)19(9-10-19)15-7-5-4-6-8-15/h4-8,11-12,18,21H,9-10H2,1-3H3. The summed E-state index contributed by atoms with van der Waals surface area (Å²) in [5.74, 6) is -0.0888. The van der Waals surface area contributed by atoms with E-state index in [1.54, 1.807) is 6.07 Å². The molecule has 2 heteroatoms. The molecule has 3 rings (SSSR count). The van der Waals surface area contributed by atoms with E-state index in [1.165, 1.54) is 5.56 Å². The van der Waals surface area contributed by atoms with Crippen LogP contribution in [-0.4, -0.2) is 7.05 Å². The van der Waals surface area contributed by atoms with Crippen molar-refractivity contribution in [2.75, 3.05) is 7.05 Å². The molecule has 0 spiro atoms. The highest BCUT2D eigenvalue weighted by atomic mass is 19.1. The molecule has 2 aromatic carbocycles. The van der Waals surface area contributed by atoms with Crippen molar-refractivity contribution in [2.45, 2.75) is 38.1 Å². The lowest BCUT2D eigenvalue weighted by Gasteiger charge is -2.29. The van der Waals surface area contributed by atoms with E-state index in [2.05, 4.69) is 35.6 Å². The summed E-state index contributed by atoms with van der Waals surface area (Å²) in [6, 6.07) is 14.3. The second-order valence-corrected chi connectivity index (χ2v) is 6.22. The maximum atomic E-state index is 14.6. The van der Waals surface area contributed by atoms with Crippen molar-refractivity contribution in [3.8, 4) is 0 Å². The highest BCUT2D eigenvalue weighted by molar-refractivity contribution is 5.43. The zero-order valence-electron chi connectivity index (χ0n) is 12.9. The summed E-state index contributed by atoms with van der Waals surface area (Å²) in [5, 5.41) is 3.38. The fraction of sp³-hybridized carbons (Fsp3) is 0.368. The normalized spacial score (nSPS) is 17.5. The maximum Gasteiger partial charge on any atom is 0.128 e. The highest BCUT2D eigenvalue weighted by Crippen LogP contribution is 2.57. The lowest BCUT2D eigenvalue weighted by molar-refractivity contribution is 0.439. The van der Waals surface area contributed by atoms with Gasteiger partial charge in [0.1, 0.15) is 5.82 Å². The fourth-order valence-electron chi connectivity index (χ4n) is 3.64. The molecule has 1 aliphatic carbocycles. The van der Waals surface area contributed by atoms with Gasteiger partial charge in [0.15, 0.2) is 0 Å². The van der Waals surface area contributed by atoms with Crippen LogP contribution in [-0.2, 0) is 5.41 Å². The summed E-state index contributed by atoms with van der Waals surface area (Å²) >= 11 is 0. The largest absolute Gasteiger partial charge is 0.312 e. The Morgan fingerprint density at radius 3 is 2.29 bits per heavy atom. The van der Waals surface area contributed by atoms with E-state index in [-0.39, 0.29) is 17.3 Å². The lowest BCUT2D eigenvalue weighted by Crippen LogP contribution is -2.31. The average Bonchev–Trinajstić information content (AvgIpc) is 3.25. The van der Waals surface area contributed by atoms with Crippen molar-refractivity contribution in [3.05, 3.63) is 70.5 Å². The third kappa shape index (κ3) is 2.38. The zero-order valence-corrected chi connectivity index (χ0v) is 12.9. The second-order valence-electron chi connectivity index (χ2n) is 6.22. The first-order valence-electron chi connectivity index (χ1n) is 7.58. The van der Waals surface area contributed by atoms with E-state index in [0.717, 1.165) is 29.5 Å². The van der Waals surface area contributed by atoms with Crippen molar-refractivity contribution in [2.24, 2.45) is 0 Å². The number of rotatable bonds is 4. The molecule has 0 bridgehead atoms. The molecule has 1 N–H and O–H groups in total. The average molecular weight is 283 g/mol. The molecule has 1 unspecified atom stereocenters. The Labute approximate surface area is 126 Å². The summed E-state index contributed by atoms with van der Waals surface area (Å²) in [5.41, 5.74) is 4.19. The van der Waals surface area contributed by atoms with Crippen molar-refractivity contribution in [1.29, 1.82) is 0 Å². The highest BCUT2D eigenvalue weighted by Gasteiger charge is 2.51. The second kappa shape index (κ2) is 5.27. The molecule has 110 valence electrons. The predicted molar refractivity (Wildman–Crippen MR) is 85.0 cm³/mol. The third-order valence-corrected chi connectivity index (χ3v) is 4.75. The van der Waals surface area contributed by atoms with E-state index in [4.69, 9.17) is 0 Å². The van der Waals surface area contributed by atoms with Gasteiger partial charge in [0.05, 0.1) is 0 Å². The number of benzene rings is 2. The number of halogens is 1. The van der Waals surface area contributed by atoms with Gasteiger partial charge in [0, 0.05) is 17.0 Å². The number of hydrogen-bond donors (Lipinski definition) is 1. The Hall–Kier alpha value is -1.67. The van der Waals surface area contributed by atoms with Crippen molar-refractivity contribution in [3.63, 3.8) is 0 Å². The SMILES string of the molecule is CNC(c1c(C)cc(C)cc1F)C1(c2ccccc2)CC1. The molecule has 21 heavy (non-hydrogen) atoms. The fourth-order valence-corrected chi connectivity index (χ4v) is 3.64. The third-order valence-electron chi connectivity index (χ3n) is 4.75. The van der Waals surface area contributed by atoms with Gasteiger partial charge >= 0.3 is 0 Å². The van der Waals surface area contributed by atoms with Crippen LogP contribution in [0.25, 0.3) is 0 Å². The summed E-state index contributed by atoms with van der Waals surface area (Å²) in [4.78, 5) is 0. The molecule has 1 saturated carbocycles. The molecule has 0 heterocycles. The smallest absolute Gasteiger partial charge is 0.128 e. The van der Waals surface area contributed by atoms with Gasteiger partial charge < -0.3 is 5.32 Å². The van der Waals surface area contributed by atoms with E-state index in [0.29, 0.717) is 0 Å². The van der Waals surface area contributed by atoms with Gasteiger partial charge in [0.25, 0.3) is 0 Å². The van der Waals surface area contributed by atoms with Crippen LogP contribution in [0.4, 0.5) is 4.39 Å². The molecule has 0 aliphatic heterocycles. The van der Waals surface area contributed by atoms with Crippen LogP contribution in [0.5, 0.6) is 0 Å². The molecule has 1 nitrogen and oxygen atoms in total. The van der Waals surface area contributed by atoms with Crippen LogP contribution in [0.15, 0.2) is 42.5 Å². The number of nitrogens with one attached hydrogen (secondary N) is 1. The molecular formula is C19H22FN. The first-order valence-corrected chi connectivity index (χ1v) is 7.58. The number of likely N-dealkylation sites (N-methyl/N-ethyl adjacent to an activating group) is 1. The maximum absolute atomic E-state index is 14.6. The molecule has 0 saturated heterocycles. The van der Waals surface area contributed by atoms with E-state index < -0.39 is 0 Å². The molecule has 1 fully saturated rings. The monoisotopic (exact) mass is 283 g/mol. The van der Waals surface area contributed by atoms with Crippen LogP contribution in [0.1, 0.15) is 41.1 Å². The Balaban J connectivity index is 2.08. The van der Waals surface area contributed by atoms with Crippen LogP contribution in [0.3, 0.4) is 0 Å². The first-order chi connectivity index (χ1) is 10.1. The van der Waals surface area contributed by atoms with Crippen molar-refractivity contribution in [1.82, 2.24) is 5.32 Å². The Morgan fingerprint density at radius 2 is 1.76 bits per heavy atom. The van der Waals surface area contributed by atoms with E-state index in [1.807, 2.05) is 27.0 Å². The molecular weight excluding hydrogens is 261 g/mol. The van der Waals surface area contributed by atoms with Crippen molar-refractivity contribution < 1.29 is 4.39 Å². The first kappa shape index (κ1) is 14.3.